The fourth-order valence-electron chi connectivity index (χ4n) is 2.13. The molecule has 0 aliphatic carbocycles. The van der Waals surface area contributed by atoms with E-state index in [2.05, 4.69) is 34.8 Å². The zero-order chi connectivity index (χ0) is 12.6. The summed E-state index contributed by atoms with van der Waals surface area (Å²) in [6, 6.07) is 5.97. The van der Waals surface area contributed by atoms with Gasteiger partial charge in [-0.25, -0.2) is 4.98 Å². The summed E-state index contributed by atoms with van der Waals surface area (Å²) < 4.78 is 8.26. The SMILES string of the molecule is COCC(C)(C)n1c(N)nc2cc(Br)ccc21. The topological polar surface area (TPSA) is 53.1 Å². The predicted octanol–water partition coefficient (Wildman–Crippen LogP) is 2.76. The van der Waals surface area contributed by atoms with E-state index in [1.54, 1.807) is 7.11 Å². The number of imidazole rings is 1. The average molecular weight is 298 g/mol. The molecule has 1 aromatic heterocycles. The number of hydrogen-bond donors (Lipinski definition) is 1. The minimum atomic E-state index is -0.221. The van der Waals surface area contributed by atoms with E-state index in [9.17, 15) is 0 Å². The molecule has 1 heterocycles. The molecule has 0 saturated heterocycles. The van der Waals surface area contributed by atoms with Crippen LogP contribution in [0, 0.1) is 0 Å². The highest BCUT2D eigenvalue weighted by atomic mass is 79.9. The Bertz CT molecular complexity index is 548. The molecule has 0 amide bonds. The highest BCUT2D eigenvalue weighted by molar-refractivity contribution is 9.10. The van der Waals surface area contributed by atoms with Gasteiger partial charge in [0.2, 0.25) is 5.95 Å². The van der Waals surface area contributed by atoms with Crippen molar-refractivity contribution in [1.82, 2.24) is 9.55 Å². The number of anilines is 1. The lowest BCUT2D eigenvalue weighted by Crippen LogP contribution is -2.32. The maximum Gasteiger partial charge on any atom is 0.201 e. The first-order valence-corrected chi connectivity index (χ1v) is 6.18. The fraction of sp³-hybridized carbons (Fsp3) is 0.417. The van der Waals surface area contributed by atoms with Gasteiger partial charge in [0.05, 0.1) is 23.2 Å². The number of halogens is 1. The molecule has 4 nitrogen and oxygen atoms in total. The molecule has 0 atom stereocenters. The molecule has 17 heavy (non-hydrogen) atoms. The monoisotopic (exact) mass is 297 g/mol. The maximum atomic E-state index is 6.00. The number of nitrogens with zero attached hydrogens (tertiary/aromatic N) is 2. The van der Waals surface area contributed by atoms with Gasteiger partial charge in [-0.1, -0.05) is 15.9 Å². The Kier molecular flexibility index (Phi) is 3.14. The van der Waals surface area contributed by atoms with Gasteiger partial charge in [0, 0.05) is 11.6 Å². The lowest BCUT2D eigenvalue weighted by atomic mass is 10.1. The van der Waals surface area contributed by atoms with Gasteiger partial charge in [0.15, 0.2) is 0 Å². The third-order valence-corrected chi connectivity index (χ3v) is 3.24. The number of ether oxygens (including phenoxy) is 1. The highest BCUT2D eigenvalue weighted by Crippen LogP contribution is 2.28. The molecule has 0 unspecified atom stereocenters. The van der Waals surface area contributed by atoms with E-state index in [0.717, 1.165) is 15.5 Å². The summed E-state index contributed by atoms with van der Waals surface area (Å²) in [6.07, 6.45) is 0. The van der Waals surface area contributed by atoms with Crippen molar-refractivity contribution in [1.29, 1.82) is 0 Å². The fourth-order valence-corrected chi connectivity index (χ4v) is 2.47. The van der Waals surface area contributed by atoms with Crippen molar-refractivity contribution in [2.45, 2.75) is 19.4 Å². The summed E-state index contributed by atoms with van der Waals surface area (Å²) in [5.41, 5.74) is 7.69. The predicted molar refractivity (Wildman–Crippen MR) is 73.0 cm³/mol. The van der Waals surface area contributed by atoms with Crippen molar-refractivity contribution >= 4 is 32.9 Å². The molecule has 2 aromatic rings. The molecule has 0 bridgehead atoms. The number of benzene rings is 1. The van der Waals surface area contributed by atoms with Crippen molar-refractivity contribution in [2.24, 2.45) is 0 Å². The number of hydrogen-bond acceptors (Lipinski definition) is 3. The van der Waals surface area contributed by atoms with Crippen molar-refractivity contribution in [3.05, 3.63) is 22.7 Å². The Labute approximate surface area is 109 Å². The number of rotatable bonds is 3. The van der Waals surface area contributed by atoms with Gasteiger partial charge >= 0.3 is 0 Å². The summed E-state index contributed by atoms with van der Waals surface area (Å²) in [7, 11) is 1.69. The summed E-state index contributed by atoms with van der Waals surface area (Å²) >= 11 is 3.43. The third-order valence-electron chi connectivity index (χ3n) is 2.75. The molecule has 0 spiro atoms. The van der Waals surface area contributed by atoms with Crippen LogP contribution in [0.5, 0.6) is 0 Å². The van der Waals surface area contributed by atoms with Gasteiger partial charge in [-0.05, 0) is 32.0 Å². The summed E-state index contributed by atoms with van der Waals surface area (Å²) in [5, 5.41) is 0. The molecule has 0 aliphatic heterocycles. The smallest absolute Gasteiger partial charge is 0.201 e. The lowest BCUT2D eigenvalue weighted by Gasteiger charge is -2.27. The van der Waals surface area contributed by atoms with Crippen LogP contribution in [0.25, 0.3) is 11.0 Å². The summed E-state index contributed by atoms with van der Waals surface area (Å²) in [6.45, 7) is 4.74. The zero-order valence-corrected chi connectivity index (χ0v) is 11.8. The largest absolute Gasteiger partial charge is 0.382 e. The lowest BCUT2D eigenvalue weighted by molar-refractivity contribution is 0.113. The second kappa shape index (κ2) is 4.31. The summed E-state index contributed by atoms with van der Waals surface area (Å²) in [5.74, 6) is 0.514. The van der Waals surface area contributed by atoms with Crippen molar-refractivity contribution in [2.75, 3.05) is 19.5 Å². The Hall–Kier alpha value is -1.07. The second-order valence-corrected chi connectivity index (χ2v) is 5.60. The molecule has 0 radical (unpaired) electrons. The molecule has 2 rings (SSSR count). The molecule has 0 aliphatic rings. The van der Waals surface area contributed by atoms with Gasteiger partial charge in [-0.15, -0.1) is 0 Å². The maximum absolute atomic E-state index is 6.00. The first kappa shape index (κ1) is 12.4. The van der Waals surface area contributed by atoms with Crippen LogP contribution in [0.3, 0.4) is 0 Å². The Morgan fingerprint density at radius 1 is 1.47 bits per heavy atom. The van der Waals surface area contributed by atoms with Crippen LogP contribution in [-0.2, 0) is 10.3 Å². The number of fused-ring (bicyclic) bond motifs is 1. The summed E-state index contributed by atoms with van der Waals surface area (Å²) in [4.78, 5) is 4.38. The first-order valence-electron chi connectivity index (χ1n) is 5.38. The van der Waals surface area contributed by atoms with Crippen molar-refractivity contribution in [3.8, 4) is 0 Å². The first-order chi connectivity index (χ1) is 7.95. The highest BCUT2D eigenvalue weighted by Gasteiger charge is 2.25. The van der Waals surface area contributed by atoms with Crippen LogP contribution < -0.4 is 5.73 Å². The Balaban J connectivity index is 2.64. The molecule has 1 aromatic carbocycles. The van der Waals surface area contributed by atoms with E-state index in [1.807, 2.05) is 22.8 Å². The molecule has 2 N–H and O–H groups in total. The van der Waals surface area contributed by atoms with E-state index < -0.39 is 0 Å². The van der Waals surface area contributed by atoms with Crippen LogP contribution in [0.2, 0.25) is 0 Å². The van der Waals surface area contributed by atoms with E-state index >= 15 is 0 Å². The van der Waals surface area contributed by atoms with E-state index in [-0.39, 0.29) is 5.54 Å². The molecule has 0 fully saturated rings. The number of nitrogen functional groups attached to an aromatic ring is 1. The molecular weight excluding hydrogens is 282 g/mol. The zero-order valence-electron chi connectivity index (χ0n) is 10.2. The van der Waals surface area contributed by atoms with Gasteiger partial charge in [0.1, 0.15) is 0 Å². The number of methoxy groups -OCH3 is 1. The van der Waals surface area contributed by atoms with Crippen LogP contribution in [0.4, 0.5) is 5.95 Å². The minimum absolute atomic E-state index is 0.221. The third kappa shape index (κ3) is 2.17. The van der Waals surface area contributed by atoms with Gasteiger partial charge in [-0.2, -0.15) is 0 Å². The quantitative estimate of drug-likeness (QED) is 0.948. The standard InChI is InChI=1S/C12H16BrN3O/c1-12(2,7-17-3)16-10-5-4-8(13)6-9(10)15-11(16)14/h4-6H,7H2,1-3H3,(H2,14,15). The Morgan fingerprint density at radius 2 is 2.18 bits per heavy atom. The Morgan fingerprint density at radius 3 is 2.82 bits per heavy atom. The van der Waals surface area contributed by atoms with E-state index in [1.165, 1.54) is 0 Å². The van der Waals surface area contributed by atoms with Crippen LogP contribution in [0.1, 0.15) is 13.8 Å². The minimum Gasteiger partial charge on any atom is -0.382 e. The second-order valence-electron chi connectivity index (χ2n) is 4.68. The van der Waals surface area contributed by atoms with Crippen LogP contribution >= 0.6 is 15.9 Å². The van der Waals surface area contributed by atoms with E-state index in [4.69, 9.17) is 10.5 Å². The number of aromatic nitrogens is 2. The van der Waals surface area contributed by atoms with Gasteiger partial charge in [0.25, 0.3) is 0 Å². The van der Waals surface area contributed by atoms with Gasteiger partial charge < -0.3 is 15.0 Å². The van der Waals surface area contributed by atoms with E-state index in [0.29, 0.717) is 12.6 Å². The normalized spacial score (nSPS) is 12.2. The van der Waals surface area contributed by atoms with Crippen molar-refractivity contribution in [3.63, 3.8) is 0 Å². The number of nitrogens with two attached hydrogens (primary N) is 1. The average Bonchev–Trinajstić information content (AvgIpc) is 2.53. The molecule has 92 valence electrons. The molecule has 5 heteroatoms. The molecular formula is C12H16BrN3O. The van der Waals surface area contributed by atoms with Gasteiger partial charge in [-0.3, -0.25) is 0 Å². The molecule has 0 saturated carbocycles. The van der Waals surface area contributed by atoms with Crippen LogP contribution in [0.15, 0.2) is 22.7 Å². The van der Waals surface area contributed by atoms with Crippen molar-refractivity contribution < 1.29 is 4.74 Å². The van der Waals surface area contributed by atoms with Crippen LogP contribution in [-0.4, -0.2) is 23.3 Å².